The van der Waals surface area contributed by atoms with Crippen LogP contribution in [0.5, 0.6) is 0 Å². The average molecular weight is 526 g/mol. The van der Waals surface area contributed by atoms with Crippen LogP contribution >= 0.6 is 0 Å². The molecule has 5 heterocycles. The van der Waals surface area contributed by atoms with Gasteiger partial charge in [0, 0.05) is 54.0 Å². The van der Waals surface area contributed by atoms with Crippen LogP contribution < -0.4 is 16.6 Å². The number of benzene rings is 1. The van der Waals surface area contributed by atoms with Crippen molar-refractivity contribution < 1.29 is 19.1 Å². The van der Waals surface area contributed by atoms with Crippen molar-refractivity contribution in [1.29, 1.82) is 0 Å². The number of carbonyl (C=O) groups excluding carboxylic acids is 2. The van der Waals surface area contributed by atoms with Gasteiger partial charge in [0.2, 0.25) is 5.60 Å². The van der Waals surface area contributed by atoms with Crippen molar-refractivity contribution in [3.05, 3.63) is 81.4 Å². The Kier molecular flexibility index (Phi) is 5.82. The fourth-order valence-electron chi connectivity index (χ4n) is 5.62. The van der Waals surface area contributed by atoms with Crippen LogP contribution in [0.1, 0.15) is 42.7 Å². The molecule has 0 radical (unpaired) electrons. The van der Waals surface area contributed by atoms with Crippen molar-refractivity contribution >= 4 is 34.2 Å². The van der Waals surface area contributed by atoms with Crippen LogP contribution in [0.15, 0.2) is 53.5 Å². The Morgan fingerprint density at radius 3 is 2.79 bits per heavy atom. The number of nitrogen functional groups attached to an aromatic ring is 1. The molecule has 6 rings (SSSR count). The molecule has 1 aromatic carbocycles. The van der Waals surface area contributed by atoms with Gasteiger partial charge in [-0.25, -0.2) is 9.78 Å². The molecule has 2 aliphatic heterocycles. The third-order valence-electron chi connectivity index (χ3n) is 7.44. The lowest BCUT2D eigenvalue weighted by atomic mass is 9.85. The van der Waals surface area contributed by atoms with Gasteiger partial charge in [0.25, 0.3) is 5.56 Å². The highest BCUT2D eigenvalue weighted by Crippen LogP contribution is 2.44. The van der Waals surface area contributed by atoms with Gasteiger partial charge in [-0.2, -0.15) is 0 Å². The Labute approximate surface area is 223 Å². The van der Waals surface area contributed by atoms with Crippen molar-refractivity contribution in [1.82, 2.24) is 14.5 Å². The zero-order valence-corrected chi connectivity index (χ0v) is 21.6. The number of nitrogens with two attached hydrogens (primary N) is 1. The van der Waals surface area contributed by atoms with Gasteiger partial charge in [0.1, 0.15) is 6.61 Å². The lowest BCUT2D eigenvalue weighted by Gasteiger charge is -2.35. The number of rotatable bonds is 6. The van der Waals surface area contributed by atoms with Crippen molar-refractivity contribution in [2.24, 2.45) is 0 Å². The molecule has 0 aliphatic carbocycles. The zero-order chi connectivity index (χ0) is 27.3. The second-order valence-corrected chi connectivity index (χ2v) is 9.72. The molecule has 39 heavy (non-hydrogen) atoms. The SMILES string of the molecule is CC[C@@]1(OC(C)=O)C(=O)OCc2c1cc1n(c2=O)Cc2c-1nc1cccc(N)c1c2NCCc1ccccn1. The summed E-state index contributed by atoms with van der Waals surface area (Å²) in [5.41, 5.74) is 10.0. The molecule has 0 bridgehead atoms. The number of nitrogens with zero attached hydrogens (tertiary/aromatic N) is 3. The molecule has 10 nitrogen and oxygen atoms in total. The molecule has 198 valence electrons. The van der Waals surface area contributed by atoms with Crippen LogP contribution in [-0.4, -0.2) is 33.0 Å². The Bertz CT molecular complexity index is 1720. The Hall–Kier alpha value is -4.73. The Balaban J connectivity index is 1.52. The van der Waals surface area contributed by atoms with Crippen molar-refractivity contribution in [3.63, 3.8) is 0 Å². The number of esters is 2. The highest BCUT2D eigenvalue weighted by Gasteiger charge is 2.50. The number of ether oxygens (including phenoxy) is 2. The van der Waals surface area contributed by atoms with Crippen molar-refractivity contribution in [2.75, 3.05) is 17.6 Å². The minimum absolute atomic E-state index is 0.121. The quantitative estimate of drug-likeness (QED) is 0.253. The number of anilines is 2. The lowest BCUT2D eigenvalue weighted by molar-refractivity contribution is -0.188. The third-order valence-corrected chi connectivity index (χ3v) is 7.44. The highest BCUT2D eigenvalue weighted by atomic mass is 16.6. The smallest absolute Gasteiger partial charge is 0.355 e. The second kappa shape index (κ2) is 9.23. The average Bonchev–Trinajstić information content (AvgIpc) is 3.29. The summed E-state index contributed by atoms with van der Waals surface area (Å²) in [7, 11) is 0. The number of cyclic esters (lactones) is 1. The van der Waals surface area contributed by atoms with E-state index in [1.54, 1.807) is 23.8 Å². The van der Waals surface area contributed by atoms with Crippen LogP contribution in [-0.2, 0) is 44.2 Å². The van der Waals surface area contributed by atoms with E-state index in [-0.39, 0.29) is 25.1 Å². The summed E-state index contributed by atoms with van der Waals surface area (Å²) in [6.45, 7) is 3.61. The predicted octanol–water partition coefficient (Wildman–Crippen LogP) is 3.28. The van der Waals surface area contributed by atoms with E-state index < -0.39 is 17.5 Å². The van der Waals surface area contributed by atoms with Crippen LogP contribution in [0.3, 0.4) is 0 Å². The van der Waals surface area contributed by atoms with Gasteiger partial charge in [0.15, 0.2) is 0 Å². The van der Waals surface area contributed by atoms with Gasteiger partial charge < -0.3 is 25.1 Å². The summed E-state index contributed by atoms with van der Waals surface area (Å²) in [4.78, 5) is 48.1. The van der Waals surface area contributed by atoms with E-state index in [1.165, 1.54) is 6.92 Å². The van der Waals surface area contributed by atoms with Gasteiger partial charge in [-0.05, 0) is 36.8 Å². The molecule has 10 heteroatoms. The summed E-state index contributed by atoms with van der Waals surface area (Å²) < 4.78 is 12.5. The van der Waals surface area contributed by atoms with Crippen molar-refractivity contribution in [2.45, 2.75) is 45.4 Å². The summed E-state index contributed by atoms with van der Waals surface area (Å²) in [6, 6.07) is 13.1. The van der Waals surface area contributed by atoms with Gasteiger partial charge >= 0.3 is 11.9 Å². The molecule has 0 fully saturated rings. The molecule has 2 aliphatic rings. The first-order valence-corrected chi connectivity index (χ1v) is 12.8. The summed E-state index contributed by atoms with van der Waals surface area (Å²) >= 11 is 0. The Morgan fingerprint density at radius 2 is 2.05 bits per heavy atom. The third kappa shape index (κ3) is 3.82. The fourth-order valence-corrected chi connectivity index (χ4v) is 5.62. The van der Waals surface area contributed by atoms with Gasteiger partial charge in [-0.3, -0.25) is 14.6 Å². The number of pyridine rings is 3. The number of aromatic nitrogens is 3. The standard InChI is InChI=1S/C29H27N5O5/c1-3-29(39-16(2)35)20-13-23-25-18(14-34(23)27(36)19(20)15-38-28(29)37)26(24-21(30)8-6-9-22(24)33-25)32-12-10-17-7-4-5-11-31-17/h4-9,11,13H,3,10,12,14-15,30H2,1-2H3,(H,32,33)/t29-/m0/s1. The zero-order valence-electron chi connectivity index (χ0n) is 21.6. The van der Waals surface area contributed by atoms with E-state index in [2.05, 4.69) is 10.3 Å². The normalized spacial score (nSPS) is 17.2. The maximum atomic E-state index is 13.8. The maximum Gasteiger partial charge on any atom is 0.355 e. The van der Waals surface area contributed by atoms with E-state index in [0.29, 0.717) is 46.7 Å². The molecule has 3 N–H and O–H groups in total. The van der Waals surface area contributed by atoms with Gasteiger partial charge in [-0.1, -0.05) is 19.1 Å². The molecule has 0 unspecified atom stereocenters. The van der Waals surface area contributed by atoms with Crippen LogP contribution in [0, 0.1) is 0 Å². The highest BCUT2D eigenvalue weighted by molar-refractivity contribution is 6.04. The molecule has 3 aromatic heterocycles. The molecular weight excluding hydrogens is 498 g/mol. The summed E-state index contributed by atoms with van der Waals surface area (Å²) in [5.74, 6) is -1.33. The first-order chi connectivity index (χ1) is 18.8. The number of fused-ring (bicyclic) bond motifs is 5. The monoisotopic (exact) mass is 525 g/mol. The largest absolute Gasteiger partial charge is 0.457 e. The topological polar surface area (TPSA) is 138 Å². The number of carbonyl (C=O) groups is 2. The number of nitrogens with one attached hydrogen (secondary N) is 1. The lowest BCUT2D eigenvalue weighted by Crippen LogP contribution is -2.47. The summed E-state index contributed by atoms with van der Waals surface area (Å²) in [6.07, 6.45) is 2.57. The van der Waals surface area contributed by atoms with E-state index in [1.807, 2.05) is 36.4 Å². The van der Waals surface area contributed by atoms with Crippen LogP contribution in [0.4, 0.5) is 11.4 Å². The van der Waals surface area contributed by atoms with E-state index in [9.17, 15) is 14.4 Å². The molecular formula is C29H27N5O5. The van der Waals surface area contributed by atoms with E-state index in [0.717, 1.165) is 22.3 Å². The number of hydrogen-bond acceptors (Lipinski definition) is 9. The molecule has 0 spiro atoms. The van der Waals surface area contributed by atoms with E-state index in [4.69, 9.17) is 20.2 Å². The summed E-state index contributed by atoms with van der Waals surface area (Å²) in [5, 5.41) is 4.32. The first-order valence-electron chi connectivity index (χ1n) is 12.8. The van der Waals surface area contributed by atoms with E-state index >= 15 is 0 Å². The fraction of sp³-hybridized carbons (Fsp3) is 0.276. The molecule has 1 atom stereocenters. The minimum Gasteiger partial charge on any atom is -0.457 e. The molecule has 4 aromatic rings. The van der Waals surface area contributed by atoms with Crippen LogP contribution in [0.25, 0.3) is 22.3 Å². The number of hydrogen-bond donors (Lipinski definition) is 2. The van der Waals surface area contributed by atoms with Gasteiger partial charge in [0.05, 0.1) is 34.7 Å². The predicted molar refractivity (Wildman–Crippen MR) is 145 cm³/mol. The maximum absolute atomic E-state index is 13.8. The second-order valence-electron chi connectivity index (χ2n) is 9.72. The first kappa shape index (κ1) is 24.6. The van der Waals surface area contributed by atoms with Gasteiger partial charge in [-0.15, -0.1) is 0 Å². The molecule has 0 amide bonds. The Morgan fingerprint density at radius 1 is 1.21 bits per heavy atom. The minimum atomic E-state index is -1.69. The molecule has 0 saturated heterocycles. The molecule has 0 saturated carbocycles. The van der Waals surface area contributed by atoms with Crippen LogP contribution in [0.2, 0.25) is 0 Å². The van der Waals surface area contributed by atoms with Crippen molar-refractivity contribution in [3.8, 4) is 11.4 Å².